The first-order chi connectivity index (χ1) is 14.5. The molecule has 0 spiro atoms. The fourth-order valence-electron chi connectivity index (χ4n) is 2.72. The molecule has 0 bridgehead atoms. The number of aromatic nitrogens is 2. The van der Waals surface area contributed by atoms with Crippen molar-refractivity contribution in [1.29, 1.82) is 0 Å². The summed E-state index contributed by atoms with van der Waals surface area (Å²) in [6.45, 7) is 0. The zero-order valence-electron chi connectivity index (χ0n) is 15.4. The molecular weight excluding hydrogens is 438 g/mol. The number of hydrogen-bond donors (Lipinski definition) is 3. The summed E-state index contributed by atoms with van der Waals surface area (Å²) in [5.74, 6) is 0.388. The molecule has 158 valence electrons. The van der Waals surface area contributed by atoms with Gasteiger partial charge in [0.1, 0.15) is 17.3 Å². The maximum Gasteiger partial charge on any atom is 0.433 e. The molecule has 5 N–H and O–H groups in total. The van der Waals surface area contributed by atoms with Crippen LogP contribution in [0.1, 0.15) is 21.6 Å². The Labute approximate surface area is 178 Å². The van der Waals surface area contributed by atoms with Crippen molar-refractivity contribution in [2.45, 2.75) is 6.18 Å². The number of nitrogen functional groups attached to an aromatic ring is 2. The van der Waals surface area contributed by atoms with Crippen LogP contribution >= 0.6 is 11.6 Å². The molecule has 6 nitrogen and oxygen atoms in total. The smallest absolute Gasteiger partial charge is 0.395 e. The molecule has 2 aromatic heterocycles. The van der Waals surface area contributed by atoms with Gasteiger partial charge in [-0.15, -0.1) is 6.42 Å². The minimum atomic E-state index is -4.70. The number of anilines is 3. The topological polar surface area (TPSA) is 107 Å². The highest BCUT2D eigenvalue weighted by molar-refractivity contribution is 6.34. The van der Waals surface area contributed by atoms with E-state index in [1.165, 1.54) is 6.20 Å². The highest BCUT2D eigenvalue weighted by Crippen LogP contribution is 2.37. The molecular formula is C20H12ClF4N5O. The molecule has 0 saturated heterocycles. The summed E-state index contributed by atoms with van der Waals surface area (Å²) in [7, 11) is 0. The van der Waals surface area contributed by atoms with Crippen molar-refractivity contribution >= 4 is 34.7 Å². The lowest BCUT2D eigenvalue weighted by Gasteiger charge is -2.14. The first kappa shape index (κ1) is 21.9. The van der Waals surface area contributed by atoms with Gasteiger partial charge in [0.15, 0.2) is 0 Å². The van der Waals surface area contributed by atoms with E-state index < -0.39 is 23.6 Å². The van der Waals surface area contributed by atoms with Crippen LogP contribution in [0.5, 0.6) is 0 Å². The quantitative estimate of drug-likeness (QED) is 0.407. The molecule has 0 radical (unpaired) electrons. The molecule has 0 unspecified atom stereocenters. The van der Waals surface area contributed by atoms with Crippen LogP contribution in [0.2, 0.25) is 5.02 Å². The Morgan fingerprint density at radius 3 is 2.55 bits per heavy atom. The molecule has 0 aliphatic rings. The number of hydrogen-bond acceptors (Lipinski definition) is 5. The van der Waals surface area contributed by atoms with Gasteiger partial charge in [-0.05, 0) is 24.3 Å². The number of carbonyl (C=O) groups excluding carboxylic acids is 1. The minimum Gasteiger partial charge on any atom is -0.395 e. The van der Waals surface area contributed by atoms with Crippen molar-refractivity contribution in [3.8, 4) is 23.5 Å². The Morgan fingerprint density at radius 1 is 1.19 bits per heavy atom. The molecule has 1 aromatic carbocycles. The van der Waals surface area contributed by atoms with E-state index in [2.05, 4.69) is 21.2 Å². The summed E-state index contributed by atoms with van der Waals surface area (Å²) >= 11 is 6.14. The predicted octanol–water partition coefficient (Wildman–Crippen LogP) is 4.35. The molecule has 3 rings (SSSR count). The number of rotatable bonds is 3. The largest absolute Gasteiger partial charge is 0.433 e. The van der Waals surface area contributed by atoms with Crippen LogP contribution < -0.4 is 16.8 Å². The second kappa shape index (κ2) is 8.12. The van der Waals surface area contributed by atoms with Crippen molar-refractivity contribution in [2.75, 3.05) is 16.8 Å². The lowest BCUT2D eigenvalue weighted by atomic mass is 9.97. The zero-order valence-corrected chi connectivity index (χ0v) is 16.1. The third-order valence-electron chi connectivity index (χ3n) is 4.18. The zero-order chi connectivity index (χ0) is 22.9. The van der Waals surface area contributed by atoms with Crippen LogP contribution in [0, 0.1) is 18.2 Å². The van der Waals surface area contributed by atoms with Crippen molar-refractivity contribution < 1.29 is 22.4 Å². The van der Waals surface area contributed by atoms with Crippen molar-refractivity contribution in [1.82, 2.24) is 9.97 Å². The van der Waals surface area contributed by atoms with E-state index in [1.807, 2.05) is 0 Å². The Morgan fingerprint density at radius 2 is 1.90 bits per heavy atom. The average Bonchev–Trinajstić information content (AvgIpc) is 2.71. The number of nitrogens with two attached hydrogens (primary N) is 2. The van der Waals surface area contributed by atoms with Gasteiger partial charge in [0.05, 0.1) is 21.8 Å². The van der Waals surface area contributed by atoms with E-state index in [1.54, 1.807) is 0 Å². The SMILES string of the molecule is C#Cc1cnc(N)c(N)c1-c1cc(Cl)c(C(=O)Nc2ccnc(C(F)(F)F)c2)cc1F. The summed E-state index contributed by atoms with van der Waals surface area (Å²) in [5.41, 5.74) is 9.86. The number of benzene rings is 1. The van der Waals surface area contributed by atoms with E-state index in [9.17, 15) is 22.4 Å². The number of carbonyl (C=O) groups is 1. The van der Waals surface area contributed by atoms with Crippen molar-refractivity contribution in [3.05, 3.63) is 64.3 Å². The van der Waals surface area contributed by atoms with Crippen LogP contribution in [0.15, 0.2) is 36.7 Å². The van der Waals surface area contributed by atoms with Crippen LogP contribution in [-0.4, -0.2) is 15.9 Å². The van der Waals surface area contributed by atoms with Gasteiger partial charge < -0.3 is 16.8 Å². The fraction of sp³-hybridized carbons (Fsp3) is 0.0500. The van der Waals surface area contributed by atoms with Gasteiger partial charge in [0.25, 0.3) is 5.91 Å². The van der Waals surface area contributed by atoms with Crippen molar-refractivity contribution in [3.63, 3.8) is 0 Å². The lowest BCUT2D eigenvalue weighted by molar-refractivity contribution is -0.141. The van der Waals surface area contributed by atoms with E-state index >= 15 is 0 Å². The van der Waals surface area contributed by atoms with Gasteiger partial charge in [0.2, 0.25) is 0 Å². The normalized spacial score (nSPS) is 11.1. The third-order valence-corrected chi connectivity index (χ3v) is 4.49. The average molecular weight is 450 g/mol. The minimum absolute atomic E-state index is 0.0703. The second-order valence-electron chi connectivity index (χ2n) is 6.18. The Hall–Kier alpha value is -3.84. The Bertz CT molecular complexity index is 1240. The van der Waals surface area contributed by atoms with Crippen LogP contribution in [0.3, 0.4) is 0 Å². The highest BCUT2D eigenvalue weighted by atomic mass is 35.5. The molecule has 0 aliphatic carbocycles. The Balaban J connectivity index is 2.00. The second-order valence-corrected chi connectivity index (χ2v) is 6.59. The standard InChI is InChI=1S/C20H12ClF4N5O/c1-2-9-8-29-18(27)17(26)16(9)12-6-13(21)11(7-14(12)22)19(31)30-10-3-4-28-15(5-10)20(23,24)25/h1,3-8H,26H2,(H2,27,29)(H,28,30,31). The first-order valence-electron chi connectivity index (χ1n) is 8.37. The van der Waals surface area contributed by atoms with E-state index in [4.69, 9.17) is 29.5 Å². The van der Waals surface area contributed by atoms with E-state index in [-0.39, 0.29) is 44.5 Å². The number of nitrogens with one attached hydrogen (secondary N) is 1. The molecule has 0 atom stereocenters. The molecule has 2 heterocycles. The number of halogens is 5. The number of pyridine rings is 2. The van der Waals surface area contributed by atoms with E-state index in [0.717, 1.165) is 24.4 Å². The molecule has 0 aliphatic heterocycles. The highest BCUT2D eigenvalue weighted by Gasteiger charge is 2.32. The Kier molecular flexibility index (Phi) is 5.73. The maximum absolute atomic E-state index is 14.9. The fourth-order valence-corrected chi connectivity index (χ4v) is 2.96. The van der Waals surface area contributed by atoms with Gasteiger partial charge in [-0.25, -0.2) is 9.37 Å². The van der Waals surface area contributed by atoms with Gasteiger partial charge in [-0.2, -0.15) is 13.2 Å². The summed E-state index contributed by atoms with van der Waals surface area (Å²) in [4.78, 5) is 19.5. The number of alkyl halides is 3. The van der Waals surface area contributed by atoms with Crippen LogP contribution in [0.25, 0.3) is 11.1 Å². The van der Waals surface area contributed by atoms with Crippen molar-refractivity contribution in [2.24, 2.45) is 0 Å². The molecule has 1 amide bonds. The van der Waals surface area contributed by atoms with E-state index in [0.29, 0.717) is 6.07 Å². The third kappa shape index (κ3) is 4.36. The van der Waals surface area contributed by atoms with Gasteiger partial charge in [0, 0.05) is 29.2 Å². The monoisotopic (exact) mass is 449 g/mol. The summed E-state index contributed by atoms with van der Waals surface area (Å²) in [6.07, 6.45) is 2.82. The van der Waals surface area contributed by atoms with Crippen LogP contribution in [-0.2, 0) is 6.18 Å². The number of terminal acetylenes is 1. The molecule has 11 heteroatoms. The summed E-state index contributed by atoms with van der Waals surface area (Å²) in [5, 5.41) is 2.03. The number of nitrogens with zero attached hydrogens (tertiary/aromatic N) is 2. The predicted molar refractivity (Wildman–Crippen MR) is 109 cm³/mol. The molecule has 0 saturated carbocycles. The van der Waals surface area contributed by atoms with Gasteiger partial charge in [-0.1, -0.05) is 17.5 Å². The maximum atomic E-state index is 14.9. The summed E-state index contributed by atoms with van der Waals surface area (Å²) < 4.78 is 53.3. The molecule has 0 fully saturated rings. The van der Waals surface area contributed by atoms with Gasteiger partial charge >= 0.3 is 6.18 Å². The lowest BCUT2D eigenvalue weighted by Crippen LogP contribution is -2.15. The first-order valence-corrected chi connectivity index (χ1v) is 8.75. The summed E-state index contributed by atoms with van der Waals surface area (Å²) in [6, 6.07) is 3.71. The molecule has 31 heavy (non-hydrogen) atoms. The van der Waals surface area contributed by atoms with Gasteiger partial charge in [-0.3, -0.25) is 9.78 Å². The molecule has 3 aromatic rings. The number of amides is 1. The van der Waals surface area contributed by atoms with Crippen LogP contribution in [0.4, 0.5) is 34.8 Å².